The van der Waals surface area contributed by atoms with Gasteiger partial charge in [-0.2, -0.15) is 0 Å². The summed E-state index contributed by atoms with van der Waals surface area (Å²) in [6, 6.07) is 12.9. The smallest absolute Gasteiger partial charge is 0.261 e. The number of carbonyl (C=O) groups is 3. The lowest BCUT2D eigenvalue weighted by atomic mass is 10.1. The van der Waals surface area contributed by atoms with Gasteiger partial charge in [0, 0.05) is 30.4 Å². The van der Waals surface area contributed by atoms with Crippen LogP contribution in [0, 0.1) is 5.92 Å². The number of carbonyl (C=O) groups excluding carboxylic acids is 3. The Labute approximate surface area is 168 Å². The number of rotatable bonds is 6. The highest BCUT2D eigenvalue weighted by molar-refractivity contribution is 6.22. The largest absolute Gasteiger partial charge is 0.361 e. The molecule has 148 valence electrons. The Bertz CT molecular complexity index is 1110. The topological polar surface area (TPSA) is 82.3 Å². The van der Waals surface area contributed by atoms with E-state index < -0.39 is 0 Å². The second kappa shape index (κ2) is 7.54. The molecule has 0 bridgehead atoms. The van der Waals surface area contributed by atoms with Crippen molar-refractivity contribution in [3.05, 3.63) is 70.9 Å². The number of hydrogen-bond donors (Lipinski definition) is 2. The monoisotopic (exact) mass is 389 g/mol. The van der Waals surface area contributed by atoms with Crippen LogP contribution in [0.1, 0.15) is 50.5 Å². The molecule has 29 heavy (non-hydrogen) atoms. The second-order valence-corrected chi connectivity index (χ2v) is 7.78. The minimum absolute atomic E-state index is 0.185. The molecular formula is C23H23N3O3. The minimum atomic E-state index is -0.326. The minimum Gasteiger partial charge on any atom is -0.361 e. The molecule has 0 aliphatic carbocycles. The molecule has 0 radical (unpaired) electrons. The fourth-order valence-electron chi connectivity index (χ4n) is 3.64. The van der Waals surface area contributed by atoms with Gasteiger partial charge in [-0.1, -0.05) is 26.0 Å². The summed E-state index contributed by atoms with van der Waals surface area (Å²) in [6.45, 7) is 4.76. The van der Waals surface area contributed by atoms with Crippen molar-refractivity contribution in [3.63, 3.8) is 0 Å². The molecule has 0 spiro atoms. The van der Waals surface area contributed by atoms with Crippen molar-refractivity contribution in [1.29, 1.82) is 0 Å². The van der Waals surface area contributed by atoms with E-state index in [2.05, 4.69) is 22.4 Å². The lowest BCUT2D eigenvalue weighted by Crippen LogP contribution is -2.33. The van der Waals surface area contributed by atoms with Crippen molar-refractivity contribution in [2.75, 3.05) is 13.1 Å². The van der Waals surface area contributed by atoms with Crippen LogP contribution in [0.5, 0.6) is 0 Å². The molecule has 3 aromatic rings. The molecule has 0 fully saturated rings. The van der Waals surface area contributed by atoms with E-state index in [1.54, 1.807) is 12.1 Å². The molecule has 1 aliphatic rings. The van der Waals surface area contributed by atoms with E-state index in [1.165, 1.54) is 11.0 Å². The van der Waals surface area contributed by atoms with E-state index >= 15 is 0 Å². The third-order valence-electron chi connectivity index (χ3n) is 5.10. The second-order valence-electron chi connectivity index (χ2n) is 7.78. The van der Waals surface area contributed by atoms with E-state index in [0.29, 0.717) is 36.2 Å². The van der Waals surface area contributed by atoms with E-state index in [4.69, 9.17) is 0 Å². The normalized spacial score (nSPS) is 13.4. The first-order valence-corrected chi connectivity index (χ1v) is 9.78. The molecule has 6 nitrogen and oxygen atoms in total. The molecule has 0 saturated carbocycles. The van der Waals surface area contributed by atoms with Crippen LogP contribution in [-0.4, -0.2) is 40.7 Å². The lowest BCUT2D eigenvalue weighted by Gasteiger charge is -2.15. The zero-order valence-corrected chi connectivity index (χ0v) is 16.5. The molecule has 1 aliphatic heterocycles. The van der Waals surface area contributed by atoms with Gasteiger partial charge in [0.05, 0.1) is 11.1 Å². The highest BCUT2D eigenvalue weighted by Gasteiger charge is 2.36. The highest BCUT2D eigenvalue weighted by atomic mass is 16.2. The summed E-state index contributed by atoms with van der Waals surface area (Å²) in [6.07, 6.45) is 2.60. The number of aromatic amines is 1. The Morgan fingerprint density at radius 2 is 1.83 bits per heavy atom. The number of benzene rings is 2. The number of nitrogens with one attached hydrogen (secondary N) is 2. The summed E-state index contributed by atoms with van der Waals surface area (Å²) >= 11 is 0. The Morgan fingerprint density at radius 3 is 2.62 bits per heavy atom. The molecule has 0 atom stereocenters. The van der Waals surface area contributed by atoms with Gasteiger partial charge in [-0.05, 0) is 53.6 Å². The molecule has 3 amide bonds. The molecule has 2 N–H and O–H groups in total. The number of amides is 3. The predicted molar refractivity (Wildman–Crippen MR) is 111 cm³/mol. The standard InChI is InChI=1S/C23H23N3O3/c1-14(2)13-26-22(28)18-6-5-17(12-19(18)23(26)29)21(27)25-9-7-15-3-4-16-8-10-24-20(16)11-15/h3-6,8,10-12,14,24H,7,9,13H2,1-2H3,(H,25,27). The predicted octanol–water partition coefficient (Wildman–Crippen LogP) is 3.39. The van der Waals surface area contributed by atoms with Crippen LogP contribution >= 0.6 is 0 Å². The maximum atomic E-state index is 12.6. The van der Waals surface area contributed by atoms with Crippen molar-refractivity contribution in [2.45, 2.75) is 20.3 Å². The van der Waals surface area contributed by atoms with Crippen molar-refractivity contribution in [3.8, 4) is 0 Å². The fourth-order valence-corrected chi connectivity index (χ4v) is 3.64. The third kappa shape index (κ3) is 3.66. The molecule has 6 heteroatoms. The Hall–Kier alpha value is -3.41. The van der Waals surface area contributed by atoms with Crippen LogP contribution in [0.2, 0.25) is 0 Å². The van der Waals surface area contributed by atoms with Crippen LogP contribution in [-0.2, 0) is 6.42 Å². The van der Waals surface area contributed by atoms with Crippen molar-refractivity contribution < 1.29 is 14.4 Å². The zero-order chi connectivity index (χ0) is 20.5. The van der Waals surface area contributed by atoms with Gasteiger partial charge in [0.1, 0.15) is 0 Å². The maximum Gasteiger partial charge on any atom is 0.261 e. The lowest BCUT2D eigenvalue weighted by molar-refractivity contribution is 0.0636. The summed E-state index contributed by atoms with van der Waals surface area (Å²) in [4.78, 5) is 42.0. The number of nitrogens with zero attached hydrogens (tertiary/aromatic N) is 1. The van der Waals surface area contributed by atoms with Crippen LogP contribution in [0.4, 0.5) is 0 Å². The highest BCUT2D eigenvalue weighted by Crippen LogP contribution is 2.25. The Kier molecular flexibility index (Phi) is 4.92. The first-order chi connectivity index (χ1) is 13.9. The molecule has 4 rings (SSSR count). The van der Waals surface area contributed by atoms with Gasteiger partial charge in [-0.15, -0.1) is 0 Å². The summed E-state index contributed by atoms with van der Waals surface area (Å²) in [5.41, 5.74) is 3.25. The zero-order valence-electron chi connectivity index (χ0n) is 16.5. The van der Waals surface area contributed by atoms with Crippen LogP contribution < -0.4 is 5.32 Å². The average Bonchev–Trinajstić information content (AvgIpc) is 3.26. The van der Waals surface area contributed by atoms with E-state index in [-0.39, 0.29) is 23.6 Å². The van der Waals surface area contributed by atoms with Crippen molar-refractivity contribution >= 4 is 28.6 Å². The van der Waals surface area contributed by atoms with Gasteiger partial charge in [-0.3, -0.25) is 19.3 Å². The summed E-state index contributed by atoms with van der Waals surface area (Å²) in [5.74, 6) is -0.681. The number of hydrogen-bond acceptors (Lipinski definition) is 3. The van der Waals surface area contributed by atoms with Crippen LogP contribution in [0.25, 0.3) is 10.9 Å². The average molecular weight is 389 g/mol. The van der Waals surface area contributed by atoms with Crippen molar-refractivity contribution in [2.24, 2.45) is 5.92 Å². The third-order valence-corrected chi connectivity index (χ3v) is 5.10. The van der Waals surface area contributed by atoms with E-state index in [0.717, 1.165) is 16.5 Å². The van der Waals surface area contributed by atoms with E-state index in [1.807, 2.05) is 32.2 Å². The summed E-state index contributed by atoms with van der Waals surface area (Å²) in [7, 11) is 0. The van der Waals surface area contributed by atoms with E-state index in [9.17, 15) is 14.4 Å². The van der Waals surface area contributed by atoms with Gasteiger partial charge < -0.3 is 10.3 Å². The van der Waals surface area contributed by atoms with Crippen LogP contribution in [0.3, 0.4) is 0 Å². The first-order valence-electron chi connectivity index (χ1n) is 9.78. The van der Waals surface area contributed by atoms with Gasteiger partial charge >= 0.3 is 0 Å². The van der Waals surface area contributed by atoms with Crippen molar-refractivity contribution in [1.82, 2.24) is 15.2 Å². The first kappa shape index (κ1) is 18.9. The number of aromatic nitrogens is 1. The molecular weight excluding hydrogens is 366 g/mol. The molecule has 0 unspecified atom stereocenters. The molecule has 0 saturated heterocycles. The van der Waals surface area contributed by atoms with Gasteiger partial charge in [-0.25, -0.2) is 0 Å². The molecule has 1 aromatic heterocycles. The summed E-state index contributed by atoms with van der Waals surface area (Å²) in [5, 5.41) is 4.05. The quantitative estimate of drug-likeness (QED) is 0.634. The van der Waals surface area contributed by atoms with Gasteiger partial charge in [0.2, 0.25) is 0 Å². The fraction of sp³-hybridized carbons (Fsp3) is 0.261. The Morgan fingerprint density at radius 1 is 1.03 bits per heavy atom. The van der Waals surface area contributed by atoms with Gasteiger partial charge in [0.25, 0.3) is 17.7 Å². The van der Waals surface area contributed by atoms with Crippen LogP contribution in [0.15, 0.2) is 48.7 Å². The molecule has 2 heterocycles. The van der Waals surface area contributed by atoms with Gasteiger partial charge in [0.15, 0.2) is 0 Å². The number of imide groups is 1. The number of fused-ring (bicyclic) bond motifs is 2. The molecule has 2 aromatic carbocycles. The number of H-pyrrole nitrogens is 1. The SMILES string of the molecule is CC(C)CN1C(=O)c2ccc(C(=O)NCCc3ccc4cc[nH]c4c3)cc2C1=O. The Balaban J connectivity index is 1.41. The maximum absolute atomic E-state index is 12.6. The summed E-state index contributed by atoms with van der Waals surface area (Å²) < 4.78 is 0.